The van der Waals surface area contributed by atoms with Crippen molar-refractivity contribution in [2.24, 2.45) is 0 Å². The number of carboxylic acid groups (broad SMARTS) is 1. The van der Waals surface area contributed by atoms with Gasteiger partial charge in [0.05, 0.1) is 23.6 Å². The van der Waals surface area contributed by atoms with Gasteiger partial charge in [-0.25, -0.2) is 4.79 Å². The Hall–Kier alpha value is -2.30. The van der Waals surface area contributed by atoms with Crippen LogP contribution < -0.4 is 9.47 Å². The monoisotopic (exact) mass is 445 g/mol. The van der Waals surface area contributed by atoms with Gasteiger partial charge in [-0.15, -0.1) is 0 Å². The van der Waals surface area contributed by atoms with E-state index in [1.165, 1.54) is 19.3 Å². The summed E-state index contributed by atoms with van der Waals surface area (Å²) in [7, 11) is 1.24. The minimum absolute atomic E-state index is 0.160. The third-order valence-corrected chi connectivity index (χ3v) is 5.02. The summed E-state index contributed by atoms with van der Waals surface area (Å²) in [6, 6.07) is 3.12. The first-order valence-electron chi connectivity index (χ1n) is 7.90. The van der Waals surface area contributed by atoms with Crippen molar-refractivity contribution in [3.8, 4) is 11.5 Å². The summed E-state index contributed by atoms with van der Waals surface area (Å²) >= 11 is 12.3. The standard InChI is InChI=1S/C17H16ClNO7S2/c1-3-25-11-5-9(4-10(18)15(11)26-8-14(22)24-2)6-12-16(23)19(7-13(20)21)17(27)28-12/h4-6H,3,7-8H2,1-2H3,(H,20,21)/b12-6+. The average molecular weight is 446 g/mol. The molecule has 1 saturated heterocycles. The van der Waals surface area contributed by atoms with E-state index >= 15 is 0 Å². The molecule has 0 saturated carbocycles. The predicted molar refractivity (Wildman–Crippen MR) is 108 cm³/mol. The number of methoxy groups -OCH3 is 1. The van der Waals surface area contributed by atoms with Gasteiger partial charge in [0, 0.05) is 0 Å². The number of halogens is 1. The van der Waals surface area contributed by atoms with Crippen molar-refractivity contribution in [2.75, 3.05) is 26.9 Å². The first-order valence-corrected chi connectivity index (χ1v) is 9.50. The van der Waals surface area contributed by atoms with Crippen LogP contribution in [0.4, 0.5) is 0 Å². The van der Waals surface area contributed by atoms with Crippen molar-refractivity contribution in [1.82, 2.24) is 4.90 Å². The third-order valence-electron chi connectivity index (χ3n) is 3.36. The first kappa shape index (κ1) is 22.0. The van der Waals surface area contributed by atoms with E-state index in [2.05, 4.69) is 4.74 Å². The number of nitrogens with zero attached hydrogens (tertiary/aromatic N) is 1. The molecule has 11 heteroatoms. The Morgan fingerprint density at radius 1 is 1.36 bits per heavy atom. The van der Waals surface area contributed by atoms with Gasteiger partial charge in [0.15, 0.2) is 18.1 Å². The van der Waals surface area contributed by atoms with Crippen molar-refractivity contribution in [1.29, 1.82) is 0 Å². The maximum absolute atomic E-state index is 12.4. The summed E-state index contributed by atoms with van der Waals surface area (Å²) in [6.45, 7) is 1.23. The Balaban J connectivity index is 2.32. The molecule has 0 aliphatic carbocycles. The van der Waals surface area contributed by atoms with E-state index in [0.717, 1.165) is 16.7 Å². The SMILES string of the molecule is CCOc1cc(/C=C2/SC(=S)N(CC(=O)O)C2=O)cc(Cl)c1OCC(=O)OC. The molecule has 0 spiro atoms. The predicted octanol–water partition coefficient (Wildman–Crippen LogP) is 2.58. The Bertz CT molecular complexity index is 856. The third kappa shape index (κ3) is 5.37. The van der Waals surface area contributed by atoms with Crippen LogP contribution in [-0.4, -0.2) is 59.0 Å². The van der Waals surface area contributed by atoms with E-state index in [9.17, 15) is 14.4 Å². The first-order chi connectivity index (χ1) is 13.3. The Morgan fingerprint density at radius 2 is 2.07 bits per heavy atom. The number of hydrogen-bond donors (Lipinski definition) is 1. The zero-order valence-electron chi connectivity index (χ0n) is 14.9. The van der Waals surface area contributed by atoms with E-state index < -0.39 is 24.4 Å². The molecule has 1 heterocycles. The lowest BCUT2D eigenvalue weighted by atomic mass is 10.1. The number of thioether (sulfide) groups is 1. The topological polar surface area (TPSA) is 102 Å². The summed E-state index contributed by atoms with van der Waals surface area (Å²) < 4.78 is 15.6. The second-order valence-corrected chi connectivity index (χ2v) is 7.37. The number of carbonyl (C=O) groups excluding carboxylic acids is 2. The fourth-order valence-corrected chi connectivity index (χ4v) is 3.72. The molecule has 0 unspecified atom stereocenters. The molecule has 0 radical (unpaired) electrons. The normalized spacial score (nSPS) is 15.1. The van der Waals surface area contributed by atoms with E-state index in [4.69, 9.17) is 38.4 Å². The van der Waals surface area contributed by atoms with Crippen LogP contribution in [-0.2, 0) is 19.1 Å². The van der Waals surface area contributed by atoms with Crippen LogP contribution in [0.1, 0.15) is 12.5 Å². The largest absolute Gasteiger partial charge is 0.490 e. The van der Waals surface area contributed by atoms with Crippen LogP contribution in [0.3, 0.4) is 0 Å². The lowest BCUT2D eigenvalue weighted by Gasteiger charge is -2.14. The second kappa shape index (κ2) is 9.76. The minimum Gasteiger partial charge on any atom is -0.490 e. The van der Waals surface area contributed by atoms with Gasteiger partial charge in [-0.2, -0.15) is 0 Å². The molecule has 0 aromatic heterocycles. The van der Waals surface area contributed by atoms with Crippen LogP contribution in [0.2, 0.25) is 5.02 Å². The Morgan fingerprint density at radius 3 is 2.68 bits per heavy atom. The number of amides is 1. The van der Waals surface area contributed by atoms with E-state index in [1.54, 1.807) is 13.0 Å². The van der Waals surface area contributed by atoms with Gasteiger partial charge in [-0.3, -0.25) is 14.5 Å². The van der Waals surface area contributed by atoms with E-state index in [0.29, 0.717) is 12.2 Å². The zero-order chi connectivity index (χ0) is 20.8. The van der Waals surface area contributed by atoms with Crippen LogP contribution in [0.25, 0.3) is 6.08 Å². The maximum Gasteiger partial charge on any atom is 0.343 e. The number of carboxylic acids is 1. The van der Waals surface area contributed by atoms with Crippen LogP contribution in [0.5, 0.6) is 11.5 Å². The van der Waals surface area contributed by atoms with E-state index in [-0.39, 0.29) is 32.4 Å². The van der Waals surface area contributed by atoms with Crippen molar-refractivity contribution < 1.29 is 33.7 Å². The Kier molecular flexibility index (Phi) is 7.67. The highest BCUT2D eigenvalue weighted by molar-refractivity contribution is 8.26. The van der Waals surface area contributed by atoms with Gasteiger partial charge in [0.1, 0.15) is 10.9 Å². The fraction of sp³-hybridized carbons (Fsp3) is 0.294. The van der Waals surface area contributed by atoms with Crippen molar-refractivity contribution in [3.05, 3.63) is 27.6 Å². The second-order valence-electron chi connectivity index (χ2n) is 5.29. The molecule has 0 atom stereocenters. The number of thiocarbonyl (C=S) groups is 1. The summed E-state index contributed by atoms with van der Waals surface area (Å²) in [6.07, 6.45) is 1.53. The molecule has 1 aromatic rings. The molecule has 1 amide bonds. The van der Waals surface area contributed by atoms with Crippen LogP contribution >= 0.6 is 35.6 Å². The molecule has 1 N–H and O–H groups in total. The van der Waals surface area contributed by atoms with Crippen LogP contribution in [0, 0.1) is 0 Å². The molecule has 1 aliphatic rings. The van der Waals surface area contributed by atoms with Gasteiger partial charge < -0.3 is 19.3 Å². The van der Waals surface area contributed by atoms with Crippen molar-refractivity contribution in [2.45, 2.75) is 6.92 Å². The molecule has 1 aromatic carbocycles. The van der Waals surface area contributed by atoms with Gasteiger partial charge >= 0.3 is 11.9 Å². The smallest absolute Gasteiger partial charge is 0.343 e. The molecule has 2 rings (SSSR count). The Labute approximate surface area is 175 Å². The molecular weight excluding hydrogens is 430 g/mol. The highest BCUT2D eigenvalue weighted by Gasteiger charge is 2.33. The minimum atomic E-state index is -1.16. The van der Waals surface area contributed by atoms with Gasteiger partial charge in [-0.1, -0.05) is 35.6 Å². The number of esters is 1. The fourth-order valence-electron chi connectivity index (χ4n) is 2.19. The quantitative estimate of drug-likeness (QED) is 0.367. The van der Waals surface area contributed by atoms with Crippen molar-refractivity contribution >= 4 is 63.8 Å². The van der Waals surface area contributed by atoms with Crippen molar-refractivity contribution in [3.63, 3.8) is 0 Å². The summed E-state index contributed by atoms with van der Waals surface area (Å²) in [5.41, 5.74) is 0.523. The summed E-state index contributed by atoms with van der Waals surface area (Å²) in [5.74, 6) is -1.79. The molecule has 1 aliphatic heterocycles. The zero-order valence-corrected chi connectivity index (χ0v) is 17.3. The summed E-state index contributed by atoms with van der Waals surface area (Å²) in [4.78, 5) is 35.8. The van der Waals surface area contributed by atoms with Gasteiger partial charge in [0.25, 0.3) is 5.91 Å². The molecule has 0 bridgehead atoms. The number of rotatable bonds is 8. The molecule has 1 fully saturated rings. The molecule has 8 nitrogen and oxygen atoms in total. The summed E-state index contributed by atoms with van der Waals surface area (Å²) in [5, 5.41) is 9.06. The number of ether oxygens (including phenoxy) is 3. The molecular formula is C17H16ClNO7S2. The lowest BCUT2D eigenvalue weighted by Crippen LogP contribution is -2.33. The highest BCUT2D eigenvalue weighted by Crippen LogP contribution is 2.39. The number of aliphatic carboxylic acids is 1. The molecule has 150 valence electrons. The number of benzene rings is 1. The number of hydrogen-bond acceptors (Lipinski definition) is 8. The van der Waals surface area contributed by atoms with Crippen LogP contribution in [0.15, 0.2) is 17.0 Å². The van der Waals surface area contributed by atoms with Gasteiger partial charge in [-0.05, 0) is 30.7 Å². The number of carbonyl (C=O) groups is 3. The molecule has 28 heavy (non-hydrogen) atoms. The highest BCUT2D eigenvalue weighted by atomic mass is 35.5. The average Bonchev–Trinajstić information content (AvgIpc) is 2.88. The van der Waals surface area contributed by atoms with Gasteiger partial charge in [0.2, 0.25) is 0 Å². The van der Waals surface area contributed by atoms with E-state index in [1.807, 2.05) is 0 Å². The maximum atomic E-state index is 12.4. The lowest BCUT2D eigenvalue weighted by molar-refractivity contribution is -0.143.